The Morgan fingerprint density at radius 3 is 2.51 bits per heavy atom. The molecule has 1 aliphatic rings. The van der Waals surface area contributed by atoms with Crippen LogP contribution in [0.1, 0.15) is 22.6 Å². The number of nitrogens with zero attached hydrogens (tertiary/aromatic N) is 1. The Morgan fingerprint density at radius 2 is 1.73 bits per heavy atom. The van der Waals surface area contributed by atoms with Crippen LogP contribution in [0, 0.1) is 11.3 Å². The van der Waals surface area contributed by atoms with Gasteiger partial charge in [-0.25, -0.2) is 4.79 Å². The van der Waals surface area contributed by atoms with Crippen LogP contribution in [0.5, 0.6) is 23.0 Å². The number of ether oxygens (including phenoxy) is 4. The topological polar surface area (TPSA) is 104 Å². The summed E-state index contributed by atoms with van der Waals surface area (Å²) in [6.07, 6.45) is 0. The minimum Gasteiger partial charge on any atom is -0.489 e. The van der Waals surface area contributed by atoms with Crippen molar-refractivity contribution < 1.29 is 23.7 Å². The van der Waals surface area contributed by atoms with Crippen molar-refractivity contribution in [1.82, 2.24) is 0 Å². The molecule has 1 unspecified atom stereocenters. The van der Waals surface area contributed by atoms with Gasteiger partial charge in [0.2, 0.25) is 5.88 Å². The van der Waals surface area contributed by atoms with Gasteiger partial charge in [-0.15, -0.1) is 0 Å². The van der Waals surface area contributed by atoms with Gasteiger partial charge in [-0.1, -0.05) is 71.2 Å². The van der Waals surface area contributed by atoms with Gasteiger partial charge < -0.3 is 24.7 Å². The van der Waals surface area contributed by atoms with Gasteiger partial charge in [0.05, 0.1) is 10.9 Å². The van der Waals surface area contributed by atoms with E-state index in [-0.39, 0.29) is 30.4 Å². The summed E-state index contributed by atoms with van der Waals surface area (Å²) in [5.41, 5.74) is 8.59. The number of hydrogen-bond donors (Lipinski definition) is 1. The number of para-hydroxylation sites is 1. The largest absolute Gasteiger partial charge is 0.489 e. The number of benzene rings is 4. The number of nitrogens with two attached hydrogens (primary N) is 1. The maximum Gasteiger partial charge on any atom is 0.349 e. The second-order valence-corrected chi connectivity index (χ2v) is 10.2. The Kier molecular flexibility index (Phi) is 8.55. The predicted octanol–water partition coefficient (Wildman–Crippen LogP) is 7.43. The SMILES string of the molecule is N#CC1=C(N)Oc2cc(OC(=O)COc3ccccc3Cl)ccc2C1c1cccc(OCc2ccc(Cl)cc2Cl)c1. The molecule has 4 aromatic carbocycles. The zero-order valence-corrected chi connectivity index (χ0v) is 23.5. The highest BCUT2D eigenvalue weighted by Crippen LogP contribution is 2.44. The summed E-state index contributed by atoms with van der Waals surface area (Å²) in [5, 5.41) is 11.3. The van der Waals surface area contributed by atoms with E-state index in [0.29, 0.717) is 37.9 Å². The number of esters is 1. The highest BCUT2D eigenvalue weighted by Gasteiger charge is 2.31. The van der Waals surface area contributed by atoms with Crippen molar-refractivity contribution in [2.75, 3.05) is 6.61 Å². The lowest BCUT2D eigenvalue weighted by atomic mass is 9.83. The van der Waals surface area contributed by atoms with Gasteiger partial charge >= 0.3 is 5.97 Å². The molecule has 0 saturated carbocycles. The van der Waals surface area contributed by atoms with Gasteiger partial charge in [-0.3, -0.25) is 0 Å². The number of halogens is 3. The van der Waals surface area contributed by atoms with E-state index in [0.717, 1.165) is 11.1 Å². The number of carbonyl (C=O) groups is 1. The van der Waals surface area contributed by atoms with Crippen LogP contribution in [0.25, 0.3) is 0 Å². The number of allylic oxidation sites excluding steroid dienone is 1. The smallest absolute Gasteiger partial charge is 0.349 e. The second-order valence-electron chi connectivity index (χ2n) is 8.91. The quantitative estimate of drug-likeness (QED) is 0.164. The molecule has 1 atom stereocenters. The third-order valence-electron chi connectivity index (χ3n) is 6.21. The van der Waals surface area contributed by atoms with Crippen molar-refractivity contribution >= 4 is 40.8 Å². The number of carbonyl (C=O) groups excluding carboxylic acids is 1. The fourth-order valence-corrected chi connectivity index (χ4v) is 4.94. The lowest BCUT2D eigenvalue weighted by Gasteiger charge is -2.27. The molecule has 4 aromatic rings. The minimum absolute atomic E-state index is 0.0465. The molecule has 0 fully saturated rings. The molecule has 0 aliphatic carbocycles. The molecule has 7 nitrogen and oxygen atoms in total. The van der Waals surface area contributed by atoms with Crippen molar-refractivity contribution in [3.63, 3.8) is 0 Å². The average Bonchev–Trinajstić information content (AvgIpc) is 2.95. The maximum atomic E-state index is 12.4. The molecular formula is C31H21Cl3N2O5. The first kappa shape index (κ1) is 28.2. The Hall–Kier alpha value is -4.35. The molecular weight excluding hydrogens is 587 g/mol. The van der Waals surface area contributed by atoms with Crippen molar-refractivity contribution in [1.29, 1.82) is 5.26 Å². The molecule has 41 heavy (non-hydrogen) atoms. The normalized spacial score (nSPS) is 14.0. The Morgan fingerprint density at radius 1 is 0.902 bits per heavy atom. The van der Waals surface area contributed by atoms with E-state index in [1.165, 1.54) is 0 Å². The van der Waals surface area contributed by atoms with Gasteiger partial charge in [0.25, 0.3) is 0 Å². The van der Waals surface area contributed by atoms with Crippen LogP contribution in [-0.4, -0.2) is 12.6 Å². The Balaban J connectivity index is 1.35. The maximum absolute atomic E-state index is 12.4. The van der Waals surface area contributed by atoms with Crippen LogP contribution in [0.2, 0.25) is 15.1 Å². The summed E-state index contributed by atoms with van der Waals surface area (Å²) in [4.78, 5) is 12.4. The summed E-state index contributed by atoms with van der Waals surface area (Å²) in [6, 6.07) is 26.4. The fraction of sp³-hybridized carbons (Fsp3) is 0.0968. The number of fused-ring (bicyclic) bond motifs is 1. The molecule has 0 radical (unpaired) electrons. The highest BCUT2D eigenvalue weighted by molar-refractivity contribution is 6.35. The first-order chi connectivity index (χ1) is 19.8. The zero-order chi connectivity index (χ0) is 28.9. The van der Waals surface area contributed by atoms with E-state index in [1.807, 2.05) is 18.2 Å². The van der Waals surface area contributed by atoms with E-state index in [2.05, 4.69) is 6.07 Å². The summed E-state index contributed by atoms with van der Waals surface area (Å²) in [7, 11) is 0. The Bertz CT molecular complexity index is 1700. The van der Waals surface area contributed by atoms with E-state index in [9.17, 15) is 10.1 Å². The molecule has 0 amide bonds. The lowest BCUT2D eigenvalue weighted by Crippen LogP contribution is -2.21. The molecule has 5 rings (SSSR count). The molecule has 1 aliphatic heterocycles. The zero-order valence-electron chi connectivity index (χ0n) is 21.3. The van der Waals surface area contributed by atoms with Crippen LogP contribution < -0.4 is 24.7 Å². The first-order valence-corrected chi connectivity index (χ1v) is 13.4. The third-order valence-corrected chi connectivity index (χ3v) is 7.10. The highest BCUT2D eigenvalue weighted by atomic mass is 35.5. The molecule has 0 saturated heterocycles. The fourth-order valence-electron chi connectivity index (χ4n) is 4.29. The molecule has 2 N–H and O–H groups in total. The second kappa shape index (κ2) is 12.4. The first-order valence-electron chi connectivity index (χ1n) is 12.3. The average molecular weight is 608 g/mol. The predicted molar refractivity (Wildman–Crippen MR) is 156 cm³/mol. The number of hydrogen-bond acceptors (Lipinski definition) is 7. The van der Waals surface area contributed by atoms with Crippen LogP contribution in [0.15, 0.2) is 96.4 Å². The van der Waals surface area contributed by atoms with Gasteiger partial charge in [-0.2, -0.15) is 5.26 Å². The standard InChI is InChI=1S/C31H21Cl3N2O5/c32-20-9-8-19(26(34)13-20)16-38-21-5-3-4-18(12-21)30-23-11-10-22(14-28(23)41-31(36)24(30)15-35)40-29(37)17-39-27-7-2-1-6-25(27)33/h1-14,30H,16-17,36H2. The van der Waals surface area contributed by atoms with Crippen LogP contribution in [0.3, 0.4) is 0 Å². The Labute approximate surface area is 251 Å². The van der Waals surface area contributed by atoms with E-state index in [1.54, 1.807) is 66.7 Å². The summed E-state index contributed by atoms with van der Waals surface area (Å²) in [5.74, 6) is 0.288. The summed E-state index contributed by atoms with van der Waals surface area (Å²) < 4.78 is 22.6. The molecule has 1 heterocycles. The van der Waals surface area contributed by atoms with Gasteiger partial charge in [0, 0.05) is 27.2 Å². The van der Waals surface area contributed by atoms with Gasteiger partial charge in [0.1, 0.15) is 41.2 Å². The van der Waals surface area contributed by atoms with Crippen molar-refractivity contribution in [3.8, 4) is 29.1 Å². The third kappa shape index (κ3) is 6.53. The van der Waals surface area contributed by atoms with E-state index >= 15 is 0 Å². The van der Waals surface area contributed by atoms with Crippen molar-refractivity contribution in [2.45, 2.75) is 12.5 Å². The van der Waals surface area contributed by atoms with E-state index < -0.39 is 11.9 Å². The number of rotatable bonds is 8. The molecule has 206 valence electrons. The van der Waals surface area contributed by atoms with Gasteiger partial charge in [0.15, 0.2) is 6.61 Å². The van der Waals surface area contributed by atoms with E-state index in [4.69, 9.17) is 59.5 Å². The van der Waals surface area contributed by atoms with Crippen molar-refractivity contribution in [2.24, 2.45) is 5.73 Å². The molecule has 0 aromatic heterocycles. The van der Waals surface area contributed by atoms with Crippen LogP contribution in [0.4, 0.5) is 0 Å². The molecule has 0 spiro atoms. The molecule has 0 bridgehead atoms. The summed E-state index contributed by atoms with van der Waals surface area (Å²) in [6.45, 7) is -0.124. The minimum atomic E-state index is -0.635. The van der Waals surface area contributed by atoms with Crippen LogP contribution >= 0.6 is 34.8 Å². The van der Waals surface area contributed by atoms with Crippen LogP contribution in [-0.2, 0) is 11.4 Å². The number of nitriles is 1. The van der Waals surface area contributed by atoms with Gasteiger partial charge in [-0.05, 0) is 48.0 Å². The summed E-state index contributed by atoms with van der Waals surface area (Å²) >= 11 is 18.3. The monoisotopic (exact) mass is 606 g/mol. The molecule has 10 heteroatoms. The van der Waals surface area contributed by atoms with Crippen molar-refractivity contribution in [3.05, 3.63) is 128 Å². The lowest BCUT2D eigenvalue weighted by molar-refractivity contribution is -0.136.